The number of hydrogen-bond donors (Lipinski definition) is 2. The number of nitrogens with two attached hydrogens (primary N) is 1. The second-order valence-electron chi connectivity index (χ2n) is 6.40. The Hall–Kier alpha value is -2.54. The Bertz CT molecular complexity index is 882. The number of anilines is 1. The van der Waals surface area contributed by atoms with E-state index in [9.17, 15) is 0 Å². The van der Waals surface area contributed by atoms with Crippen molar-refractivity contribution < 1.29 is 0 Å². The number of rotatable bonds is 5. The van der Waals surface area contributed by atoms with E-state index in [-0.39, 0.29) is 5.54 Å². The van der Waals surface area contributed by atoms with Gasteiger partial charge >= 0.3 is 0 Å². The fourth-order valence-electron chi connectivity index (χ4n) is 2.68. The van der Waals surface area contributed by atoms with E-state index < -0.39 is 0 Å². The van der Waals surface area contributed by atoms with Crippen molar-refractivity contribution in [2.75, 3.05) is 12.3 Å². The molecule has 0 fully saturated rings. The van der Waals surface area contributed by atoms with Gasteiger partial charge in [0.15, 0.2) is 5.65 Å². The molecular formula is C17H20N6S. The number of thiocarbonyl (C=S) groups is 1. The zero-order valence-corrected chi connectivity index (χ0v) is 14.8. The molecule has 0 aliphatic heterocycles. The van der Waals surface area contributed by atoms with Gasteiger partial charge in [0.1, 0.15) is 17.8 Å². The van der Waals surface area contributed by atoms with Crippen molar-refractivity contribution >= 4 is 34.6 Å². The highest BCUT2D eigenvalue weighted by molar-refractivity contribution is 7.78. The fourth-order valence-corrected chi connectivity index (χ4v) is 2.76. The molecule has 24 heavy (non-hydrogen) atoms. The SMILES string of the molecule is Cc1ccc(-c2nn(C(C)(C)CNC=S)c3ncnc(N)c23)cc1. The van der Waals surface area contributed by atoms with Crippen molar-refractivity contribution in [1.29, 1.82) is 0 Å². The minimum atomic E-state index is -0.336. The van der Waals surface area contributed by atoms with Crippen LogP contribution in [0.25, 0.3) is 22.3 Å². The molecule has 0 spiro atoms. The van der Waals surface area contributed by atoms with E-state index in [1.165, 1.54) is 17.4 Å². The molecule has 124 valence electrons. The number of nitrogens with zero attached hydrogens (tertiary/aromatic N) is 4. The molecule has 0 saturated heterocycles. The molecular weight excluding hydrogens is 320 g/mol. The summed E-state index contributed by atoms with van der Waals surface area (Å²) in [6.45, 7) is 6.83. The number of fused-ring (bicyclic) bond motifs is 1. The molecule has 3 N–H and O–H groups in total. The van der Waals surface area contributed by atoms with Crippen molar-refractivity contribution in [2.45, 2.75) is 26.3 Å². The third-order valence-electron chi connectivity index (χ3n) is 4.01. The lowest BCUT2D eigenvalue weighted by molar-refractivity contribution is 0.329. The minimum Gasteiger partial charge on any atom is -0.383 e. The molecule has 0 atom stereocenters. The zero-order valence-electron chi connectivity index (χ0n) is 13.9. The number of benzene rings is 1. The number of aryl methyl sites for hydroxylation is 1. The van der Waals surface area contributed by atoms with Crippen LogP contribution in [0, 0.1) is 6.92 Å². The summed E-state index contributed by atoms with van der Waals surface area (Å²) in [5.74, 6) is 0.431. The van der Waals surface area contributed by atoms with Gasteiger partial charge in [-0.3, -0.25) is 0 Å². The van der Waals surface area contributed by atoms with Crippen molar-refractivity contribution in [1.82, 2.24) is 25.1 Å². The molecule has 2 aromatic heterocycles. The second kappa shape index (κ2) is 6.16. The summed E-state index contributed by atoms with van der Waals surface area (Å²) in [7, 11) is 0. The first kappa shape index (κ1) is 16.3. The quantitative estimate of drug-likeness (QED) is 0.695. The molecule has 1 aromatic carbocycles. The summed E-state index contributed by atoms with van der Waals surface area (Å²) in [6.07, 6.45) is 1.47. The first-order valence-electron chi connectivity index (χ1n) is 7.68. The molecule has 0 aliphatic rings. The molecule has 0 aliphatic carbocycles. The first-order valence-corrected chi connectivity index (χ1v) is 8.15. The van der Waals surface area contributed by atoms with Crippen LogP contribution in [0.4, 0.5) is 5.82 Å². The highest BCUT2D eigenvalue weighted by atomic mass is 32.1. The maximum atomic E-state index is 6.14. The van der Waals surface area contributed by atoms with Gasteiger partial charge in [0.25, 0.3) is 0 Å². The third kappa shape index (κ3) is 2.82. The van der Waals surface area contributed by atoms with Crippen molar-refractivity contribution in [2.24, 2.45) is 0 Å². The number of nitrogen functional groups attached to an aromatic ring is 1. The molecule has 3 aromatic rings. The van der Waals surface area contributed by atoms with Crippen LogP contribution in [0.5, 0.6) is 0 Å². The fraction of sp³-hybridized carbons (Fsp3) is 0.294. The van der Waals surface area contributed by atoms with Crippen LogP contribution in [-0.4, -0.2) is 31.8 Å². The highest BCUT2D eigenvalue weighted by Crippen LogP contribution is 2.32. The average molecular weight is 340 g/mol. The topological polar surface area (TPSA) is 81.7 Å². The van der Waals surface area contributed by atoms with E-state index >= 15 is 0 Å². The monoisotopic (exact) mass is 340 g/mol. The van der Waals surface area contributed by atoms with Gasteiger partial charge < -0.3 is 11.1 Å². The van der Waals surface area contributed by atoms with E-state index in [2.05, 4.69) is 48.2 Å². The lowest BCUT2D eigenvalue weighted by Crippen LogP contribution is -2.38. The Morgan fingerprint density at radius 1 is 1.25 bits per heavy atom. The van der Waals surface area contributed by atoms with Crippen LogP contribution < -0.4 is 11.1 Å². The molecule has 6 nitrogen and oxygen atoms in total. The minimum absolute atomic E-state index is 0.336. The largest absolute Gasteiger partial charge is 0.383 e. The summed E-state index contributed by atoms with van der Waals surface area (Å²) < 4.78 is 1.89. The summed E-state index contributed by atoms with van der Waals surface area (Å²) in [4.78, 5) is 8.57. The van der Waals surface area contributed by atoms with Crippen LogP contribution in [-0.2, 0) is 5.54 Å². The second-order valence-corrected chi connectivity index (χ2v) is 6.63. The lowest BCUT2D eigenvalue weighted by atomic mass is 10.1. The molecule has 0 unspecified atom stereocenters. The van der Waals surface area contributed by atoms with E-state index in [0.29, 0.717) is 18.0 Å². The van der Waals surface area contributed by atoms with Gasteiger partial charge in [-0.15, -0.1) is 0 Å². The Morgan fingerprint density at radius 3 is 2.62 bits per heavy atom. The number of hydrogen-bond acceptors (Lipinski definition) is 5. The molecule has 2 heterocycles. The summed E-state index contributed by atoms with van der Waals surface area (Å²) in [5.41, 5.74) is 11.0. The van der Waals surface area contributed by atoms with Crippen LogP contribution in [0.15, 0.2) is 30.6 Å². The molecule has 0 amide bonds. The molecule has 0 saturated carbocycles. The summed E-state index contributed by atoms with van der Waals surface area (Å²) in [5, 5.41) is 8.67. The predicted molar refractivity (Wildman–Crippen MR) is 101 cm³/mol. The Balaban J connectivity index is 2.24. The highest BCUT2D eigenvalue weighted by Gasteiger charge is 2.27. The Morgan fingerprint density at radius 2 is 1.96 bits per heavy atom. The van der Waals surface area contributed by atoms with Crippen molar-refractivity contribution in [3.63, 3.8) is 0 Å². The van der Waals surface area contributed by atoms with Crippen molar-refractivity contribution in [3.8, 4) is 11.3 Å². The maximum Gasteiger partial charge on any atom is 0.164 e. The standard InChI is InChI=1S/C17H20N6S/c1-11-4-6-12(7-5-11)14-13-15(18)20-9-21-16(13)23(22-14)17(2,3)8-19-10-24/h4-7,9-10H,8H2,1-3H3,(H,19,24)(H2,18,20,21). The summed E-state index contributed by atoms with van der Waals surface area (Å²) >= 11 is 4.87. The van der Waals surface area contributed by atoms with E-state index in [1.54, 1.807) is 0 Å². The normalized spacial score (nSPS) is 11.6. The van der Waals surface area contributed by atoms with Crippen LogP contribution in [0.1, 0.15) is 19.4 Å². The summed E-state index contributed by atoms with van der Waals surface area (Å²) in [6, 6.07) is 8.18. The average Bonchev–Trinajstić information content (AvgIpc) is 2.96. The van der Waals surface area contributed by atoms with Gasteiger partial charge in [0, 0.05) is 12.1 Å². The zero-order chi connectivity index (χ0) is 17.3. The third-order valence-corrected chi connectivity index (χ3v) is 4.18. The smallest absolute Gasteiger partial charge is 0.164 e. The van der Waals surface area contributed by atoms with Crippen LogP contribution >= 0.6 is 12.2 Å². The maximum absolute atomic E-state index is 6.14. The van der Waals surface area contributed by atoms with Crippen LogP contribution in [0.3, 0.4) is 0 Å². The van der Waals surface area contributed by atoms with Gasteiger partial charge in [-0.2, -0.15) is 5.10 Å². The molecule has 7 heteroatoms. The predicted octanol–water partition coefficient (Wildman–Crippen LogP) is 2.67. The molecule has 0 radical (unpaired) electrons. The van der Waals surface area contributed by atoms with Crippen LogP contribution in [0.2, 0.25) is 0 Å². The number of nitrogens with one attached hydrogen (secondary N) is 1. The van der Waals surface area contributed by atoms with Crippen molar-refractivity contribution in [3.05, 3.63) is 36.2 Å². The van der Waals surface area contributed by atoms with Gasteiger partial charge in [-0.05, 0) is 20.8 Å². The van der Waals surface area contributed by atoms with E-state index in [1.807, 2.05) is 16.8 Å². The number of aromatic nitrogens is 4. The Labute approximate surface area is 146 Å². The molecule has 3 rings (SSSR count). The Kier molecular flexibility index (Phi) is 4.19. The van der Waals surface area contributed by atoms with Gasteiger partial charge in [-0.1, -0.05) is 42.0 Å². The van der Waals surface area contributed by atoms with E-state index in [0.717, 1.165) is 16.6 Å². The lowest BCUT2D eigenvalue weighted by Gasteiger charge is -2.25. The van der Waals surface area contributed by atoms with Gasteiger partial charge in [0.2, 0.25) is 0 Å². The van der Waals surface area contributed by atoms with Gasteiger partial charge in [0.05, 0.1) is 16.4 Å². The van der Waals surface area contributed by atoms with E-state index in [4.69, 9.17) is 23.1 Å². The van der Waals surface area contributed by atoms with Gasteiger partial charge in [-0.25, -0.2) is 14.6 Å². The molecule has 0 bridgehead atoms. The first-order chi connectivity index (χ1) is 11.4.